The lowest BCUT2D eigenvalue weighted by atomic mass is 10.2. The van der Waals surface area contributed by atoms with E-state index in [0.717, 1.165) is 19.3 Å². The Morgan fingerprint density at radius 1 is 1.43 bits per heavy atom. The monoisotopic (exact) mass is 242 g/mol. The normalized spacial score (nSPS) is 15.4. The van der Waals surface area contributed by atoms with E-state index in [1.807, 2.05) is 0 Å². The zero-order chi connectivity index (χ0) is 10.9. The van der Waals surface area contributed by atoms with E-state index in [4.69, 9.17) is 14.9 Å². The predicted molar refractivity (Wildman–Crippen MR) is 60.1 cm³/mol. The highest BCUT2D eigenvalue weighted by Gasteiger charge is 2.13. The van der Waals surface area contributed by atoms with Gasteiger partial charge in [0.25, 0.3) is 0 Å². The molecule has 0 aromatic carbocycles. The molecule has 0 aromatic heterocycles. The van der Waals surface area contributed by atoms with Crippen LogP contribution in [0, 0.1) is 0 Å². The van der Waals surface area contributed by atoms with Gasteiger partial charge in [0.05, 0.1) is 6.61 Å². The van der Waals surface area contributed by atoms with Gasteiger partial charge in [-0.2, -0.15) is 5.48 Å². The molecule has 0 aromatic rings. The van der Waals surface area contributed by atoms with Crippen molar-refractivity contribution in [2.75, 3.05) is 19.7 Å². The second kappa shape index (κ2) is 8.73. The molecule has 0 radical (unpaired) electrons. The van der Waals surface area contributed by atoms with Gasteiger partial charge in [0, 0.05) is 6.54 Å². The SMILES string of the molecule is CCOP(O)(=S)ONCCCCCN. The molecule has 86 valence electrons. The molecule has 0 rings (SSSR count). The zero-order valence-electron chi connectivity index (χ0n) is 8.44. The van der Waals surface area contributed by atoms with Crippen LogP contribution in [-0.2, 0) is 21.0 Å². The minimum absolute atomic E-state index is 0.350. The third-order valence-electron chi connectivity index (χ3n) is 1.46. The van der Waals surface area contributed by atoms with Crippen LogP contribution in [0.3, 0.4) is 0 Å². The number of nitrogens with two attached hydrogens (primary N) is 1. The standard InChI is InChI=1S/C7H19N2O3PS/c1-2-11-13(10,14)12-9-7-5-3-4-6-8/h9H,2-8H2,1H3,(H,10,14). The molecule has 0 aliphatic rings. The van der Waals surface area contributed by atoms with Crippen LogP contribution in [-0.4, -0.2) is 24.6 Å². The number of nitrogens with one attached hydrogen (secondary N) is 1. The summed E-state index contributed by atoms with van der Waals surface area (Å²) >= 11 is 4.68. The molecular weight excluding hydrogens is 223 g/mol. The van der Waals surface area contributed by atoms with Crippen molar-refractivity contribution in [3.05, 3.63) is 0 Å². The van der Waals surface area contributed by atoms with E-state index in [-0.39, 0.29) is 0 Å². The fraction of sp³-hybridized carbons (Fsp3) is 1.00. The van der Waals surface area contributed by atoms with Crippen molar-refractivity contribution >= 4 is 18.5 Å². The average Bonchev–Trinajstić information content (AvgIpc) is 2.11. The Balaban J connectivity index is 3.30. The van der Waals surface area contributed by atoms with E-state index in [9.17, 15) is 4.89 Å². The van der Waals surface area contributed by atoms with Gasteiger partial charge >= 0.3 is 6.72 Å². The molecule has 4 N–H and O–H groups in total. The fourth-order valence-corrected chi connectivity index (χ4v) is 1.94. The van der Waals surface area contributed by atoms with Gasteiger partial charge in [0.1, 0.15) is 0 Å². The molecular formula is C7H19N2O3PS. The molecule has 5 nitrogen and oxygen atoms in total. The molecule has 0 saturated carbocycles. The largest absolute Gasteiger partial charge is 0.341 e. The third kappa shape index (κ3) is 9.02. The highest BCUT2D eigenvalue weighted by molar-refractivity contribution is 8.07. The van der Waals surface area contributed by atoms with Gasteiger partial charge < -0.3 is 15.2 Å². The lowest BCUT2D eigenvalue weighted by Crippen LogP contribution is -2.15. The summed E-state index contributed by atoms with van der Waals surface area (Å²) in [7, 11) is 0. The molecule has 0 fully saturated rings. The molecule has 0 bridgehead atoms. The molecule has 0 saturated heterocycles. The molecule has 14 heavy (non-hydrogen) atoms. The lowest BCUT2D eigenvalue weighted by Gasteiger charge is -2.14. The number of hydroxylamine groups is 1. The number of rotatable bonds is 9. The summed E-state index contributed by atoms with van der Waals surface area (Å²) in [4.78, 5) is 9.32. The van der Waals surface area contributed by atoms with Crippen molar-refractivity contribution < 1.29 is 14.0 Å². The smallest absolute Gasteiger partial charge is 0.330 e. The van der Waals surface area contributed by atoms with Crippen molar-refractivity contribution in [2.24, 2.45) is 5.73 Å². The molecule has 1 atom stereocenters. The van der Waals surface area contributed by atoms with Crippen molar-refractivity contribution in [1.82, 2.24) is 5.48 Å². The lowest BCUT2D eigenvalue weighted by molar-refractivity contribution is 0.135. The van der Waals surface area contributed by atoms with Gasteiger partial charge in [-0.1, -0.05) is 6.42 Å². The molecule has 0 aliphatic carbocycles. The summed E-state index contributed by atoms with van der Waals surface area (Å²) < 4.78 is 9.66. The number of unbranched alkanes of at least 4 members (excludes halogenated alkanes) is 2. The van der Waals surface area contributed by atoms with Gasteiger partial charge in [-0.05, 0) is 38.1 Å². The topological polar surface area (TPSA) is 76.7 Å². The summed E-state index contributed by atoms with van der Waals surface area (Å²) in [6.45, 7) is 0.402. The highest BCUT2D eigenvalue weighted by atomic mass is 32.5. The Kier molecular flexibility index (Phi) is 9.01. The molecule has 7 heteroatoms. The van der Waals surface area contributed by atoms with Crippen LogP contribution in [0.4, 0.5) is 0 Å². The first-order chi connectivity index (χ1) is 6.62. The van der Waals surface area contributed by atoms with Crippen molar-refractivity contribution in [3.8, 4) is 0 Å². The third-order valence-corrected chi connectivity index (χ3v) is 2.94. The van der Waals surface area contributed by atoms with Gasteiger partial charge in [0.15, 0.2) is 0 Å². The van der Waals surface area contributed by atoms with Crippen molar-refractivity contribution in [2.45, 2.75) is 26.2 Å². The van der Waals surface area contributed by atoms with E-state index in [0.29, 0.717) is 19.7 Å². The zero-order valence-corrected chi connectivity index (χ0v) is 10.2. The van der Waals surface area contributed by atoms with Crippen LogP contribution >= 0.6 is 6.72 Å². The van der Waals surface area contributed by atoms with Crippen LogP contribution in [0.1, 0.15) is 26.2 Å². The first-order valence-corrected chi connectivity index (χ1v) is 7.30. The maximum atomic E-state index is 9.32. The first kappa shape index (κ1) is 14.5. The number of hydrogen-bond donors (Lipinski definition) is 3. The van der Waals surface area contributed by atoms with E-state index >= 15 is 0 Å². The summed E-state index contributed by atoms with van der Waals surface area (Å²) in [5, 5.41) is 0. The summed E-state index contributed by atoms with van der Waals surface area (Å²) in [5.41, 5.74) is 7.93. The Labute approximate surface area is 90.2 Å². The Morgan fingerprint density at radius 3 is 2.71 bits per heavy atom. The van der Waals surface area contributed by atoms with Crippen LogP contribution < -0.4 is 11.2 Å². The minimum atomic E-state index is -3.05. The quantitative estimate of drug-likeness (QED) is 0.317. The summed E-state index contributed by atoms with van der Waals surface area (Å²) in [6.07, 6.45) is 2.98. The van der Waals surface area contributed by atoms with E-state index in [1.54, 1.807) is 6.92 Å². The Morgan fingerprint density at radius 2 is 2.14 bits per heavy atom. The van der Waals surface area contributed by atoms with Crippen LogP contribution in [0.15, 0.2) is 0 Å². The van der Waals surface area contributed by atoms with Crippen LogP contribution in [0.2, 0.25) is 0 Å². The minimum Gasteiger partial charge on any atom is -0.330 e. The van der Waals surface area contributed by atoms with Crippen LogP contribution in [0.5, 0.6) is 0 Å². The van der Waals surface area contributed by atoms with Gasteiger partial charge in [-0.15, -0.1) is 0 Å². The van der Waals surface area contributed by atoms with Crippen molar-refractivity contribution in [1.29, 1.82) is 0 Å². The molecule has 0 aliphatic heterocycles. The maximum absolute atomic E-state index is 9.32. The summed E-state index contributed by atoms with van der Waals surface area (Å²) in [5.74, 6) is 0. The Bertz CT molecular complexity index is 182. The fourth-order valence-electron chi connectivity index (χ4n) is 0.835. The van der Waals surface area contributed by atoms with E-state index < -0.39 is 6.72 Å². The molecule has 1 unspecified atom stereocenters. The molecule has 0 spiro atoms. The van der Waals surface area contributed by atoms with Gasteiger partial charge in [-0.25, -0.2) is 4.62 Å². The highest BCUT2D eigenvalue weighted by Crippen LogP contribution is 2.41. The molecule has 0 heterocycles. The summed E-state index contributed by atoms with van der Waals surface area (Å²) in [6, 6.07) is 0. The van der Waals surface area contributed by atoms with Crippen molar-refractivity contribution in [3.63, 3.8) is 0 Å². The van der Waals surface area contributed by atoms with E-state index in [1.165, 1.54) is 0 Å². The number of hydrogen-bond acceptors (Lipinski definition) is 5. The van der Waals surface area contributed by atoms with Gasteiger partial charge in [-0.3, -0.25) is 0 Å². The van der Waals surface area contributed by atoms with E-state index in [2.05, 4.69) is 17.3 Å². The first-order valence-electron chi connectivity index (χ1n) is 4.71. The average molecular weight is 242 g/mol. The second-order valence-electron chi connectivity index (χ2n) is 2.72. The van der Waals surface area contributed by atoms with Gasteiger partial charge in [0.2, 0.25) is 0 Å². The molecule has 0 amide bonds. The predicted octanol–water partition coefficient (Wildman–Crippen LogP) is 0.890. The Hall–Kier alpha value is 0.450. The second-order valence-corrected chi connectivity index (χ2v) is 5.48. The van der Waals surface area contributed by atoms with Crippen LogP contribution in [0.25, 0.3) is 0 Å². The maximum Gasteiger partial charge on any atom is 0.341 e.